The minimum atomic E-state index is -1.02. The van der Waals surface area contributed by atoms with E-state index < -0.39 is 5.97 Å². The van der Waals surface area contributed by atoms with Crippen molar-refractivity contribution in [2.45, 2.75) is 18.5 Å². The third-order valence-corrected chi connectivity index (χ3v) is 5.13. The molecule has 0 saturated heterocycles. The Labute approximate surface area is 156 Å². The minimum Gasteiger partial charge on any atom is -0.477 e. The lowest BCUT2D eigenvalue weighted by Gasteiger charge is -2.08. The molecule has 0 bridgehead atoms. The monoisotopic (exact) mass is 362 g/mol. The summed E-state index contributed by atoms with van der Waals surface area (Å²) < 4.78 is 1.70. The molecule has 3 rings (SSSR count). The molecule has 4 nitrogen and oxygen atoms in total. The Bertz CT molecular complexity index is 984. The minimum absolute atomic E-state index is 0.167. The normalized spacial score (nSPS) is 10.5. The SMILES string of the molecule is CCn1c(SC)c(C#N)c(-c2ccc(-c3ccccc3)cc2)c1C(=O)O. The first-order chi connectivity index (χ1) is 12.6. The second-order valence-corrected chi connectivity index (χ2v) is 6.51. The van der Waals surface area contributed by atoms with Crippen molar-refractivity contribution in [1.82, 2.24) is 4.57 Å². The van der Waals surface area contributed by atoms with Crippen molar-refractivity contribution in [2.24, 2.45) is 0 Å². The maximum atomic E-state index is 11.9. The fourth-order valence-electron chi connectivity index (χ4n) is 3.18. The van der Waals surface area contributed by atoms with E-state index in [0.29, 0.717) is 22.7 Å². The predicted molar refractivity (Wildman–Crippen MR) is 104 cm³/mol. The Balaban J connectivity index is 2.19. The fourth-order valence-corrected chi connectivity index (χ4v) is 3.97. The standard InChI is InChI=1S/C21H18N2O2S/c1-3-23-19(21(24)25)18(17(13-22)20(23)26-2)16-11-9-15(10-12-16)14-7-5-4-6-8-14/h4-12H,3H2,1-2H3,(H,24,25). The van der Waals surface area contributed by atoms with Gasteiger partial charge in [0.1, 0.15) is 11.8 Å². The summed E-state index contributed by atoms with van der Waals surface area (Å²) in [6.45, 7) is 2.38. The van der Waals surface area contributed by atoms with Crippen molar-refractivity contribution in [3.63, 3.8) is 0 Å². The Hall–Kier alpha value is -2.97. The van der Waals surface area contributed by atoms with Crippen molar-refractivity contribution in [1.29, 1.82) is 5.26 Å². The van der Waals surface area contributed by atoms with Gasteiger partial charge >= 0.3 is 5.97 Å². The highest BCUT2D eigenvalue weighted by Gasteiger charge is 2.27. The van der Waals surface area contributed by atoms with Gasteiger partial charge in [-0.15, -0.1) is 11.8 Å². The van der Waals surface area contributed by atoms with Crippen LogP contribution in [0.5, 0.6) is 0 Å². The van der Waals surface area contributed by atoms with Crippen LogP contribution in [0.2, 0.25) is 0 Å². The molecular formula is C21H18N2O2S. The summed E-state index contributed by atoms with van der Waals surface area (Å²) >= 11 is 1.40. The Morgan fingerprint density at radius 2 is 1.65 bits per heavy atom. The highest BCUT2D eigenvalue weighted by molar-refractivity contribution is 7.98. The summed E-state index contributed by atoms with van der Waals surface area (Å²) in [5.74, 6) is -1.02. The molecule has 0 unspecified atom stereocenters. The molecular weight excluding hydrogens is 344 g/mol. The number of hydrogen-bond donors (Lipinski definition) is 1. The molecule has 1 heterocycles. The summed E-state index contributed by atoms with van der Waals surface area (Å²) in [7, 11) is 0. The number of nitrogens with zero attached hydrogens (tertiary/aromatic N) is 2. The molecule has 0 aliphatic heterocycles. The van der Waals surface area contributed by atoms with Crippen LogP contribution in [-0.2, 0) is 6.54 Å². The van der Waals surface area contributed by atoms with E-state index in [1.807, 2.05) is 67.8 Å². The van der Waals surface area contributed by atoms with E-state index in [1.54, 1.807) is 4.57 Å². The molecule has 3 aromatic rings. The van der Waals surface area contributed by atoms with Crippen LogP contribution in [0.4, 0.5) is 0 Å². The van der Waals surface area contributed by atoms with Gasteiger partial charge in [-0.05, 0) is 29.9 Å². The quantitative estimate of drug-likeness (QED) is 0.639. The summed E-state index contributed by atoms with van der Waals surface area (Å²) in [5.41, 5.74) is 3.95. The molecule has 1 N–H and O–H groups in total. The van der Waals surface area contributed by atoms with Crippen molar-refractivity contribution in [2.75, 3.05) is 6.26 Å². The number of hydrogen-bond acceptors (Lipinski definition) is 3. The summed E-state index contributed by atoms with van der Waals surface area (Å²) in [6, 6.07) is 19.9. The number of aromatic carboxylic acids is 1. The first-order valence-corrected chi connectivity index (χ1v) is 9.44. The van der Waals surface area contributed by atoms with E-state index in [4.69, 9.17) is 0 Å². The summed E-state index contributed by atoms with van der Waals surface area (Å²) in [4.78, 5) is 11.9. The van der Waals surface area contributed by atoms with Gasteiger partial charge in [0.2, 0.25) is 0 Å². The Morgan fingerprint density at radius 1 is 1.08 bits per heavy atom. The molecule has 26 heavy (non-hydrogen) atoms. The lowest BCUT2D eigenvalue weighted by Crippen LogP contribution is -2.09. The number of carboxylic acids is 1. The molecule has 0 spiro atoms. The molecule has 130 valence electrons. The van der Waals surface area contributed by atoms with Crippen LogP contribution in [0.1, 0.15) is 23.0 Å². The van der Waals surface area contributed by atoms with E-state index in [-0.39, 0.29) is 5.69 Å². The first kappa shape index (κ1) is 17.8. The second-order valence-electron chi connectivity index (χ2n) is 5.71. The number of nitriles is 1. The number of thioether (sulfide) groups is 1. The molecule has 0 aliphatic carbocycles. The van der Waals surface area contributed by atoms with Crippen LogP contribution in [0.3, 0.4) is 0 Å². The number of carboxylic acid groups (broad SMARTS) is 1. The summed E-state index contributed by atoms with van der Waals surface area (Å²) in [5, 5.41) is 20.1. The number of benzene rings is 2. The molecule has 0 saturated carbocycles. The van der Waals surface area contributed by atoms with Gasteiger partial charge in [-0.2, -0.15) is 5.26 Å². The third-order valence-electron chi connectivity index (χ3n) is 4.32. The fraction of sp³-hybridized carbons (Fsp3) is 0.143. The van der Waals surface area contributed by atoms with E-state index in [2.05, 4.69) is 6.07 Å². The van der Waals surface area contributed by atoms with Gasteiger partial charge in [-0.3, -0.25) is 0 Å². The zero-order valence-corrected chi connectivity index (χ0v) is 15.4. The molecule has 0 radical (unpaired) electrons. The van der Waals surface area contributed by atoms with E-state index >= 15 is 0 Å². The molecule has 0 fully saturated rings. The van der Waals surface area contributed by atoms with Crippen LogP contribution in [0.15, 0.2) is 59.6 Å². The summed E-state index contributed by atoms with van der Waals surface area (Å²) in [6.07, 6.45) is 1.86. The van der Waals surface area contributed by atoms with Gasteiger partial charge < -0.3 is 9.67 Å². The zero-order valence-electron chi connectivity index (χ0n) is 14.6. The molecule has 1 aromatic heterocycles. The van der Waals surface area contributed by atoms with Gasteiger partial charge in [0.25, 0.3) is 0 Å². The maximum absolute atomic E-state index is 11.9. The maximum Gasteiger partial charge on any atom is 0.353 e. The zero-order chi connectivity index (χ0) is 18.7. The number of aromatic nitrogens is 1. The Morgan fingerprint density at radius 3 is 2.15 bits per heavy atom. The number of rotatable bonds is 5. The molecule has 0 amide bonds. The lowest BCUT2D eigenvalue weighted by molar-refractivity contribution is 0.0685. The third kappa shape index (κ3) is 3.00. The smallest absolute Gasteiger partial charge is 0.353 e. The van der Waals surface area contributed by atoms with Gasteiger partial charge in [0.05, 0.1) is 10.6 Å². The number of carbonyl (C=O) groups is 1. The highest BCUT2D eigenvalue weighted by Crippen LogP contribution is 2.37. The van der Waals surface area contributed by atoms with Crippen LogP contribution in [0, 0.1) is 11.3 Å². The van der Waals surface area contributed by atoms with Crippen molar-refractivity contribution in [3.8, 4) is 28.3 Å². The van der Waals surface area contributed by atoms with Crippen molar-refractivity contribution >= 4 is 17.7 Å². The van der Waals surface area contributed by atoms with E-state index in [1.165, 1.54) is 11.8 Å². The average molecular weight is 362 g/mol. The van der Waals surface area contributed by atoms with Gasteiger partial charge in [-0.1, -0.05) is 54.6 Å². The first-order valence-electron chi connectivity index (χ1n) is 8.22. The highest BCUT2D eigenvalue weighted by atomic mass is 32.2. The van der Waals surface area contributed by atoms with Crippen LogP contribution >= 0.6 is 11.8 Å². The topological polar surface area (TPSA) is 66.0 Å². The van der Waals surface area contributed by atoms with Crippen LogP contribution in [-0.4, -0.2) is 21.9 Å². The van der Waals surface area contributed by atoms with Gasteiger partial charge in [-0.25, -0.2) is 4.79 Å². The average Bonchev–Trinajstić information content (AvgIpc) is 3.02. The Kier molecular flexibility index (Phi) is 5.15. The van der Waals surface area contributed by atoms with Crippen molar-refractivity contribution in [3.05, 3.63) is 65.9 Å². The molecule has 5 heteroatoms. The predicted octanol–water partition coefficient (Wildman–Crippen LogP) is 5.13. The second kappa shape index (κ2) is 7.51. The van der Waals surface area contributed by atoms with E-state index in [9.17, 15) is 15.2 Å². The molecule has 2 aromatic carbocycles. The molecule has 0 aliphatic rings. The molecule has 0 atom stereocenters. The van der Waals surface area contributed by atoms with E-state index in [0.717, 1.165) is 16.7 Å². The van der Waals surface area contributed by atoms with Gasteiger partial charge in [0.15, 0.2) is 0 Å². The van der Waals surface area contributed by atoms with Crippen molar-refractivity contribution < 1.29 is 9.90 Å². The van der Waals surface area contributed by atoms with Crippen LogP contribution < -0.4 is 0 Å². The van der Waals surface area contributed by atoms with Gasteiger partial charge in [0, 0.05) is 12.1 Å². The van der Waals surface area contributed by atoms with Crippen LogP contribution in [0.25, 0.3) is 22.3 Å². The largest absolute Gasteiger partial charge is 0.477 e. The lowest BCUT2D eigenvalue weighted by atomic mass is 9.98.